The van der Waals surface area contributed by atoms with E-state index in [4.69, 9.17) is 4.74 Å². The lowest BCUT2D eigenvalue weighted by atomic mass is 10.1. The number of hydrogen-bond donors (Lipinski definition) is 0. The molecule has 0 saturated heterocycles. The van der Waals surface area contributed by atoms with Gasteiger partial charge in [0.05, 0.1) is 12.3 Å². The molecule has 0 N–H and O–H groups in total. The minimum Gasteiger partial charge on any atom is -0.463 e. The molecule has 2 rings (SSSR count). The van der Waals surface area contributed by atoms with Gasteiger partial charge >= 0.3 is 5.97 Å². The van der Waals surface area contributed by atoms with Crippen molar-refractivity contribution in [1.29, 1.82) is 0 Å². The predicted molar refractivity (Wildman–Crippen MR) is 101 cm³/mol. The Balaban J connectivity index is 2.31. The summed E-state index contributed by atoms with van der Waals surface area (Å²) in [5.41, 5.74) is 0.434. The highest BCUT2D eigenvalue weighted by Gasteiger charge is 2.24. The first-order valence-electron chi connectivity index (χ1n) is 8.40. The molecular formula is C19H21FN2O4S. The average Bonchev–Trinajstić information content (AvgIpc) is 2.67. The highest BCUT2D eigenvalue weighted by atomic mass is 32.2. The third-order valence-electron chi connectivity index (χ3n) is 3.73. The van der Waals surface area contributed by atoms with Crippen molar-refractivity contribution in [1.82, 2.24) is 4.98 Å². The highest BCUT2D eigenvalue weighted by Crippen LogP contribution is 2.26. The van der Waals surface area contributed by atoms with Crippen LogP contribution in [0.1, 0.15) is 25.3 Å². The number of esters is 1. The monoisotopic (exact) mass is 392 g/mol. The van der Waals surface area contributed by atoms with E-state index in [9.17, 15) is 17.6 Å². The van der Waals surface area contributed by atoms with E-state index in [0.717, 1.165) is 35.4 Å². The van der Waals surface area contributed by atoms with Crippen molar-refractivity contribution in [3.8, 4) is 0 Å². The maximum atomic E-state index is 13.7. The molecule has 0 saturated carbocycles. The number of unbranched alkanes of at least 4 members (excludes halogenated alkanes) is 1. The number of carbonyl (C=O) groups excluding carboxylic acids is 1. The minimum absolute atomic E-state index is 0.134. The molecular weight excluding hydrogens is 371 g/mol. The molecule has 0 unspecified atom stereocenters. The van der Waals surface area contributed by atoms with Crippen LogP contribution in [-0.4, -0.2) is 33.0 Å². The number of sulfonamides is 1. The van der Waals surface area contributed by atoms with Crippen molar-refractivity contribution in [2.24, 2.45) is 0 Å². The molecule has 0 amide bonds. The summed E-state index contributed by atoms with van der Waals surface area (Å²) in [6.07, 6.45) is 5.49. The fourth-order valence-electron chi connectivity index (χ4n) is 2.24. The van der Waals surface area contributed by atoms with Crippen LogP contribution in [0.5, 0.6) is 0 Å². The maximum absolute atomic E-state index is 13.7. The Morgan fingerprint density at radius 3 is 2.74 bits per heavy atom. The van der Waals surface area contributed by atoms with Gasteiger partial charge < -0.3 is 4.74 Å². The van der Waals surface area contributed by atoms with Crippen LogP contribution in [0.4, 0.5) is 10.1 Å². The smallest absolute Gasteiger partial charge is 0.330 e. The molecule has 0 aliphatic carbocycles. The van der Waals surface area contributed by atoms with Gasteiger partial charge in [-0.25, -0.2) is 14.2 Å². The maximum Gasteiger partial charge on any atom is 0.330 e. The van der Waals surface area contributed by atoms with Gasteiger partial charge in [-0.2, -0.15) is 8.42 Å². The van der Waals surface area contributed by atoms with Crippen LogP contribution in [0.3, 0.4) is 0 Å². The lowest BCUT2D eigenvalue weighted by Crippen LogP contribution is -2.28. The normalized spacial score (nSPS) is 11.5. The number of halogens is 1. The summed E-state index contributed by atoms with van der Waals surface area (Å²) in [4.78, 5) is 15.6. The molecule has 1 aromatic carbocycles. The molecule has 0 radical (unpaired) electrons. The molecule has 0 atom stereocenters. The molecule has 1 aromatic heterocycles. The van der Waals surface area contributed by atoms with Gasteiger partial charge in [0.15, 0.2) is 5.03 Å². The third-order valence-corrected chi connectivity index (χ3v) is 5.42. The van der Waals surface area contributed by atoms with Crippen molar-refractivity contribution in [2.75, 3.05) is 18.0 Å². The van der Waals surface area contributed by atoms with E-state index in [1.54, 1.807) is 12.1 Å². The van der Waals surface area contributed by atoms with Crippen LogP contribution in [0.25, 0.3) is 6.08 Å². The van der Waals surface area contributed by atoms with Gasteiger partial charge in [-0.05, 0) is 42.8 Å². The topological polar surface area (TPSA) is 76.6 Å². The predicted octanol–water partition coefficient (Wildman–Crippen LogP) is 3.40. The van der Waals surface area contributed by atoms with Gasteiger partial charge in [0, 0.05) is 24.9 Å². The Labute approximate surface area is 158 Å². The molecule has 8 heteroatoms. The average molecular weight is 392 g/mol. The van der Waals surface area contributed by atoms with Crippen molar-refractivity contribution in [3.63, 3.8) is 0 Å². The molecule has 1 heterocycles. The molecule has 2 aromatic rings. The van der Waals surface area contributed by atoms with Crippen LogP contribution in [-0.2, 0) is 19.6 Å². The summed E-state index contributed by atoms with van der Waals surface area (Å²) in [6.45, 7) is 2.27. The molecule has 0 aliphatic heterocycles. The number of carbonyl (C=O) groups is 1. The molecule has 144 valence electrons. The van der Waals surface area contributed by atoms with Crippen LogP contribution >= 0.6 is 0 Å². The number of ether oxygens (including phenoxy) is 1. The van der Waals surface area contributed by atoms with E-state index in [2.05, 4.69) is 4.98 Å². The first-order chi connectivity index (χ1) is 12.9. The Hall–Kier alpha value is -2.74. The van der Waals surface area contributed by atoms with Crippen molar-refractivity contribution in [3.05, 3.63) is 60.1 Å². The summed E-state index contributed by atoms with van der Waals surface area (Å²) in [5, 5.41) is -0.134. The molecule has 6 nitrogen and oxygen atoms in total. The molecule has 0 spiro atoms. The molecule has 27 heavy (non-hydrogen) atoms. The van der Waals surface area contributed by atoms with Gasteiger partial charge in [0.25, 0.3) is 10.0 Å². The van der Waals surface area contributed by atoms with Crippen LogP contribution in [0.2, 0.25) is 0 Å². The quantitative estimate of drug-likeness (QED) is 0.391. The molecule has 0 fully saturated rings. The minimum atomic E-state index is -3.93. The van der Waals surface area contributed by atoms with Crippen molar-refractivity contribution < 1.29 is 22.3 Å². The number of nitrogens with zero attached hydrogens (tertiary/aromatic N) is 2. The van der Waals surface area contributed by atoms with E-state index in [0.29, 0.717) is 6.61 Å². The molecule has 0 bridgehead atoms. The fourth-order valence-corrected chi connectivity index (χ4v) is 3.39. The summed E-state index contributed by atoms with van der Waals surface area (Å²) in [5.74, 6) is -1.13. The second-order valence-corrected chi connectivity index (χ2v) is 7.61. The molecule has 0 aliphatic rings. The lowest BCUT2D eigenvalue weighted by molar-refractivity contribution is -0.137. The van der Waals surface area contributed by atoms with Crippen LogP contribution < -0.4 is 4.31 Å². The standard InChI is InChI=1S/C19H21FN2O4S/c1-3-4-13-26-19(23)11-8-15-14-16(20)9-10-17(15)22(2)27(24,25)18-7-5-6-12-21-18/h5-12,14H,3-4,13H2,1-2H3/b11-8+. The van der Waals surface area contributed by atoms with Gasteiger partial charge in [0.1, 0.15) is 5.82 Å². The Kier molecular flexibility index (Phi) is 7.06. The summed E-state index contributed by atoms with van der Waals surface area (Å²) >= 11 is 0. The van der Waals surface area contributed by atoms with Crippen molar-refractivity contribution in [2.45, 2.75) is 24.8 Å². The van der Waals surface area contributed by atoms with E-state index in [1.807, 2.05) is 6.92 Å². The summed E-state index contributed by atoms with van der Waals surface area (Å²) in [7, 11) is -2.59. The first kappa shape index (κ1) is 20.6. The number of pyridine rings is 1. The Morgan fingerprint density at radius 2 is 2.07 bits per heavy atom. The Morgan fingerprint density at radius 1 is 1.30 bits per heavy atom. The zero-order chi connectivity index (χ0) is 19.9. The van der Waals surface area contributed by atoms with Gasteiger partial charge in [-0.1, -0.05) is 19.4 Å². The number of aromatic nitrogens is 1. The van der Waals surface area contributed by atoms with Crippen LogP contribution in [0.15, 0.2) is 53.7 Å². The van der Waals surface area contributed by atoms with Crippen LogP contribution in [0, 0.1) is 5.82 Å². The lowest BCUT2D eigenvalue weighted by Gasteiger charge is -2.21. The zero-order valence-corrected chi connectivity index (χ0v) is 15.9. The second kappa shape index (κ2) is 9.27. The van der Waals surface area contributed by atoms with Gasteiger partial charge in [0.2, 0.25) is 0 Å². The van der Waals surface area contributed by atoms with Gasteiger partial charge in [-0.15, -0.1) is 0 Å². The van der Waals surface area contributed by atoms with E-state index in [1.165, 1.54) is 31.5 Å². The summed E-state index contributed by atoms with van der Waals surface area (Å²) in [6, 6.07) is 8.17. The van der Waals surface area contributed by atoms with Gasteiger partial charge in [-0.3, -0.25) is 4.31 Å². The number of anilines is 1. The number of hydrogen-bond acceptors (Lipinski definition) is 5. The zero-order valence-electron chi connectivity index (χ0n) is 15.1. The van der Waals surface area contributed by atoms with E-state index in [-0.39, 0.29) is 16.3 Å². The number of rotatable bonds is 8. The fraction of sp³-hybridized carbons (Fsp3) is 0.263. The first-order valence-corrected chi connectivity index (χ1v) is 9.84. The highest BCUT2D eigenvalue weighted by molar-refractivity contribution is 7.92. The SMILES string of the molecule is CCCCOC(=O)/C=C/c1cc(F)ccc1N(C)S(=O)(=O)c1ccccn1. The Bertz CT molecular complexity index is 915. The third kappa shape index (κ3) is 5.37. The second-order valence-electron chi connectivity index (χ2n) is 5.70. The van der Waals surface area contributed by atoms with E-state index < -0.39 is 21.8 Å². The van der Waals surface area contributed by atoms with E-state index >= 15 is 0 Å². The largest absolute Gasteiger partial charge is 0.463 e. The van der Waals surface area contributed by atoms with Crippen molar-refractivity contribution >= 4 is 27.8 Å². The summed E-state index contributed by atoms with van der Waals surface area (Å²) < 4.78 is 45.2. The number of benzene rings is 1.